The molecule has 0 atom stereocenters. The van der Waals surface area contributed by atoms with Gasteiger partial charge in [0.25, 0.3) is 0 Å². The van der Waals surface area contributed by atoms with Crippen molar-refractivity contribution in [3.8, 4) is 0 Å². The van der Waals surface area contributed by atoms with Crippen molar-refractivity contribution in [1.82, 2.24) is 20.5 Å². The molecule has 0 spiro atoms. The van der Waals surface area contributed by atoms with Gasteiger partial charge in [0.15, 0.2) is 5.96 Å². The minimum atomic E-state index is -0.105. The first-order chi connectivity index (χ1) is 13.1. The monoisotopic (exact) mass is 517 g/mol. The summed E-state index contributed by atoms with van der Waals surface area (Å²) in [6, 6.07) is 7.06. The maximum atomic E-state index is 13.8. The highest BCUT2D eigenvalue weighted by molar-refractivity contribution is 14.0. The van der Waals surface area contributed by atoms with Gasteiger partial charge in [-0.05, 0) is 44.8 Å². The molecule has 0 unspecified atom stereocenters. The first-order valence-corrected chi connectivity index (χ1v) is 10.3. The standard InChI is InChI=1S/C20H28FN5S.HI/c1-15-11-23-19(27-15)13-25-20(22-2)24-12-16-7-9-26(10-8-16)14-17-5-3-4-6-18(17)21;/h3-6,11,16H,7-10,12-14H2,1-2H3,(H2,22,24,25);1H. The lowest BCUT2D eigenvalue weighted by Crippen LogP contribution is -2.42. The molecule has 154 valence electrons. The third-order valence-corrected chi connectivity index (χ3v) is 5.83. The average molecular weight is 517 g/mol. The van der Waals surface area contributed by atoms with Crippen LogP contribution in [0.1, 0.15) is 28.3 Å². The van der Waals surface area contributed by atoms with Crippen LogP contribution in [-0.4, -0.2) is 42.5 Å². The Bertz CT molecular complexity index is 759. The molecule has 2 heterocycles. The maximum Gasteiger partial charge on any atom is 0.191 e. The smallest absolute Gasteiger partial charge is 0.191 e. The Hall–Kier alpha value is -1.26. The minimum absolute atomic E-state index is 0. The fourth-order valence-corrected chi connectivity index (χ4v) is 4.05. The Morgan fingerprint density at radius 3 is 2.68 bits per heavy atom. The maximum absolute atomic E-state index is 13.8. The molecule has 0 saturated carbocycles. The van der Waals surface area contributed by atoms with Crippen LogP contribution in [0.3, 0.4) is 0 Å². The van der Waals surface area contributed by atoms with Crippen LogP contribution in [0.15, 0.2) is 35.5 Å². The fraction of sp³-hybridized carbons (Fsp3) is 0.500. The SMILES string of the molecule is CN=C(NCc1ncc(C)s1)NCC1CCN(Cc2ccccc2F)CC1.I. The Balaban J connectivity index is 0.00000280. The molecule has 2 N–H and O–H groups in total. The second kappa shape index (κ2) is 11.7. The summed E-state index contributed by atoms with van der Waals surface area (Å²) in [7, 11) is 1.79. The van der Waals surface area contributed by atoms with Crippen LogP contribution < -0.4 is 10.6 Å². The summed E-state index contributed by atoms with van der Waals surface area (Å²) in [5.74, 6) is 1.32. The zero-order valence-electron chi connectivity index (χ0n) is 16.4. The predicted molar refractivity (Wildman–Crippen MR) is 125 cm³/mol. The number of hydrogen-bond acceptors (Lipinski definition) is 4. The van der Waals surface area contributed by atoms with E-state index >= 15 is 0 Å². The van der Waals surface area contributed by atoms with E-state index in [4.69, 9.17) is 0 Å². The quantitative estimate of drug-likeness (QED) is 0.348. The van der Waals surface area contributed by atoms with Crippen LogP contribution in [0.25, 0.3) is 0 Å². The summed E-state index contributed by atoms with van der Waals surface area (Å²) in [5, 5.41) is 7.81. The number of nitrogens with one attached hydrogen (secondary N) is 2. The molecule has 1 saturated heterocycles. The number of aliphatic imine (C=N–C) groups is 1. The van der Waals surface area contributed by atoms with E-state index in [1.54, 1.807) is 24.5 Å². The Morgan fingerprint density at radius 2 is 2.04 bits per heavy atom. The van der Waals surface area contributed by atoms with Crippen molar-refractivity contribution in [3.63, 3.8) is 0 Å². The summed E-state index contributed by atoms with van der Waals surface area (Å²) < 4.78 is 13.8. The van der Waals surface area contributed by atoms with Gasteiger partial charge < -0.3 is 10.6 Å². The molecule has 0 aliphatic carbocycles. The van der Waals surface area contributed by atoms with Crippen molar-refractivity contribution in [2.75, 3.05) is 26.7 Å². The van der Waals surface area contributed by atoms with Gasteiger partial charge >= 0.3 is 0 Å². The van der Waals surface area contributed by atoms with E-state index in [1.165, 1.54) is 10.9 Å². The molecule has 3 rings (SSSR count). The number of halogens is 2. The van der Waals surface area contributed by atoms with Gasteiger partial charge in [-0.1, -0.05) is 18.2 Å². The number of piperidine rings is 1. The number of rotatable bonds is 6. The lowest BCUT2D eigenvalue weighted by atomic mass is 9.96. The van der Waals surface area contributed by atoms with E-state index in [1.807, 2.05) is 18.3 Å². The van der Waals surface area contributed by atoms with Crippen LogP contribution in [0.2, 0.25) is 0 Å². The largest absolute Gasteiger partial charge is 0.356 e. The number of aryl methyl sites for hydroxylation is 1. The molecule has 0 amide bonds. The summed E-state index contributed by atoms with van der Waals surface area (Å²) in [6.45, 7) is 6.37. The molecule has 1 aromatic carbocycles. The van der Waals surface area contributed by atoms with E-state index in [0.29, 0.717) is 19.0 Å². The predicted octanol–water partition coefficient (Wildman–Crippen LogP) is 3.79. The highest BCUT2D eigenvalue weighted by Gasteiger charge is 2.20. The number of hydrogen-bond donors (Lipinski definition) is 2. The number of aromatic nitrogens is 1. The van der Waals surface area contributed by atoms with Crippen molar-refractivity contribution >= 4 is 41.3 Å². The van der Waals surface area contributed by atoms with Gasteiger partial charge in [-0.3, -0.25) is 9.89 Å². The van der Waals surface area contributed by atoms with Crippen LogP contribution >= 0.6 is 35.3 Å². The summed E-state index contributed by atoms with van der Waals surface area (Å²) in [5.41, 5.74) is 0.788. The van der Waals surface area contributed by atoms with Crippen LogP contribution in [0.5, 0.6) is 0 Å². The third kappa shape index (κ3) is 6.97. The number of nitrogens with zero attached hydrogens (tertiary/aromatic N) is 3. The van der Waals surface area contributed by atoms with Gasteiger partial charge in [-0.2, -0.15) is 0 Å². The van der Waals surface area contributed by atoms with Crippen LogP contribution in [0.4, 0.5) is 4.39 Å². The molecule has 2 aromatic rings. The third-order valence-electron chi connectivity index (χ3n) is 4.92. The van der Waals surface area contributed by atoms with E-state index in [2.05, 4.69) is 32.4 Å². The second-order valence-electron chi connectivity index (χ2n) is 6.98. The minimum Gasteiger partial charge on any atom is -0.356 e. The van der Waals surface area contributed by atoms with Crippen molar-refractivity contribution in [2.45, 2.75) is 32.9 Å². The van der Waals surface area contributed by atoms with Gasteiger partial charge in [0.05, 0.1) is 6.54 Å². The normalized spacial score (nSPS) is 15.9. The first kappa shape index (κ1) is 23.0. The van der Waals surface area contributed by atoms with Crippen LogP contribution in [0, 0.1) is 18.7 Å². The molecule has 1 aliphatic rings. The molecule has 28 heavy (non-hydrogen) atoms. The molecule has 1 aliphatic heterocycles. The Labute approximate surface area is 187 Å². The zero-order chi connectivity index (χ0) is 19.1. The van der Waals surface area contributed by atoms with Gasteiger partial charge in [0.2, 0.25) is 0 Å². The molecule has 1 aromatic heterocycles. The van der Waals surface area contributed by atoms with Crippen LogP contribution in [-0.2, 0) is 13.1 Å². The van der Waals surface area contributed by atoms with Gasteiger partial charge in [0.1, 0.15) is 10.8 Å². The highest BCUT2D eigenvalue weighted by Crippen LogP contribution is 2.19. The molecule has 1 fully saturated rings. The molecule has 0 radical (unpaired) electrons. The highest BCUT2D eigenvalue weighted by atomic mass is 127. The molecular formula is C20H29FIN5S. The molecule has 8 heteroatoms. The molecule has 0 bridgehead atoms. The number of likely N-dealkylation sites (tertiary alicyclic amines) is 1. The van der Waals surface area contributed by atoms with Crippen molar-refractivity contribution in [3.05, 3.63) is 51.7 Å². The fourth-order valence-electron chi connectivity index (χ4n) is 3.32. The lowest BCUT2D eigenvalue weighted by molar-refractivity contribution is 0.176. The number of guanidine groups is 1. The van der Waals surface area contributed by atoms with Gasteiger partial charge in [-0.15, -0.1) is 35.3 Å². The summed E-state index contributed by atoms with van der Waals surface area (Å²) in [6.07, 6.45) is 4.13. The summed E-state index contributed by atoms with van der Waals surface area (Å²) >= 11 is 1.70. The van der Waals surface area contributed by atoms with E-state index < -0.39 is 0 Å². The summed E-state index contributed by atoms with van der Waals surface area (Å²) in [4.78, 5) is 12.2. The van der Waals surface area contributed by atoms with Crippen molar-refractivity contribution in [2.24, 2.45) is 10.9 Å². The first-order valence-electron chi connectivity index (χ1n) is 9.45. The van der Waals surface area contributed by atoms with Gasteiger partial charge in [-0.25, -0.2) is 9.37 Å². The molecular weight excluding hydrogens is 488 g/mol. The molecule has 5 nitrogen and oxygen atoms in total. The van der Waals surface area contributed by atoms with E-state index in [-0.39, 0.29) is 29.8 Å². The van der Waals surface area contributed by atoms with E-state index in [9.17, 15) is 4.39 Å². The second-order valence-corrected chi connectivity index (χ2v) is 8.30. The lowest BCUT2D eigenvalue weighted by Gasteiger charge is -2.32. The van der Waals surface area contributed by atoms with Gasteiger partial charge in [0, 0.05) is 36.8 Å². The van der Waals surface area contributed by atoms with Crippen molar-refractivity contribution < 1.29 is 4.39 Å². The topological polar surface area (TPSA) is 52.6 Å². The Kier molecular flexibility index (Phi) is 9.60. The van der Waals surface area contributed by atoms with E-state index in [0.717, 1.165) is 49.0 Å². The number of benzene rings is 1. The number of thiazole rings is 1. The average Bonchev–Trinajstić information content (AvgIpc) is 3.10. The Morgan fingerprint density at radius 1 is 1.29 bits per heavy atom. The van der Waals surface area contributed by atoms with Crippen molar-refractivity contribution in [1.29, 1.82) is 0 Å². The zero-order valence-corrected chi connectivity index (χ0v) is 19.6.